The summed E-state index contributed by atoms with van der Waals surface area (Å²) in [6.07, 6.45) is 1.46. The molecular weight excluding hydrogens is 471 g/mol. The van der Waals surface area contributed by atoms with Crippen molar-refractivity contribution >= 4 is 11.9 Å². The summed E-state index contributed by atoms with van der Waals surface area (Å²) in [5.74, 6) is -2.83. The molecule has 6 nitrogen and oxygen atoms in total. The van der Waals surface area contributed by atoms with Crippen molar-refractivity contribution in [2.24, 2.45) is 0 Å². The molecule has 1 aliphatic carbocycles. The summed E-state index contributed by atoms with van der Waals surface area (Å²) in [6.45, 7) is 3.55. The Morgan fingerprint density at radius 3 is 2.28 bits per heavy atom. The van der Waals surface area contributed by atoms with Crippen LogP contribution < -0.4 is 10.6 Å². The molecule has 0 aliphatic heterocycles. The van der Waals surface area contributed by atoms with Crippen LogP contribution in [0.2, 0.25) is 0 Å². The number of carbonyl (C=O) groups is 2. The van der Waals surface area contributed by atoms with Crippen molar-refractivity contribution in [2.75, 3.05) is 6.54 Å². The smallest absolute Gasteiger partial charge is 0.475 e. The van der Waals surface area contributed by atoms with Crippen molar-refractivity contribution in [1.82, 2.24) is 15.6 Å². The first-order valence-electron chi connectivity index (χ1n) is 11.6. The standard InChI is InChI=1S/C25H27N3O.C2HF3O2/c1-2-10-27-25(29)23-12-22(16-26-17-23)19-9-5-6-18(11-19)15-28-24-13-20-7-3-4-8-21(20)14-24;3-2(4,5)1(6)7/h3-9,11-12,16-17,24,28H,2,10,13-15H2,1H3,(H,27,29);(H,6,7). The van der Waals surface area contributed by atoms with Crippen LogP contribution in [0.3, 0.4) is 0 Å². The number of rotatable bonds is 7. The van der Waals surface area contributed by atoms with Gasteiger partial charge in [0.2, 0.25) is 0 Å². The fraction of sp³-hybridized carbons (Fsp3) is 0.296. The Balaban J connectivity index is 0.000000454. The van der Waals surface area contributed by atoms with Crippen LogP contribution in [0.15, 0.2) is 67.0 Å². The van der Waals surface area contributed by atoms with Gasteiger partial charge in [-0.05, 0) is 53.6 Å². The second-order valence-electron chi connectivity index (χ2n) is 8.48. The minimum atomic E-state index is -5.08. The van der Waals surface area contributed by atoms with Gasteiger partial charge in [-0.15, -0.1) is 0 Å². The van der Waals surface area contributed by atoms with Gasteiger partial charge in [0.15, 0.2) is 0 Å². The molecule has 1 aromatic heterocycles. The molecule has 0 atom stereocenters. The fourth-order valence-corrected chi connectivity index (χ4v) is 3.89. The Morgan fingerprint density at radius 1 is 1.00 bits per heavy atom. The van der Waals surface area contributed by atoms with E-state index in [9.17, 15) is 18.0 Å². The zero-order valence-electron chi connectivity index (χ0n) is 19.8. The lowest BCUT2D eigenvalue weighted by molar-refractivity contribution is -0.192. The molecule has 2 aromatic carbocycles. The molecule has 3 aromatic rings. The number of carboxylic acid groups (broad SMARTS) is 1. The number of benzene rings is 2. The van der Waals surface area contributed by atoms with Crippen LogP contribution in [0.5, 0.6) is 0 Å². The van der Waals surface area contributed by atoms with Crippen molar-refractivity contribution < 1.29 is 27.9 Å². The fourth-order valence-electron chi connectivity index (χ4n) is 3.89. The van der Waals surface area contributed by atoms with Gasteiger partial charge in [0.25, 0.3) is 5.91 Å². The van der Waals surface area contributed by atoms with Crippen LogP contribution in [0.4, 0.5) is 13.2 Å². The minimum Gasteiger partial charge on any atom is -0.475 e. The highest BCUT2D eigenvalue weighted by atomic mass is 19.4. The third-order valence-corrected chi connectivity index (χ3v) is 5.68. The molecule has 0 saturated carbocycles. The lowest BCUT2D eigenvalue weighted by atomic mass is 10.0. The second-order valence-corrected chi connectivity index (χ2v) is 8.48. The lowest BCUT2D eigenvalue weighted by Crippen LogP contribution is -2.28. The lowest BCUT2D eigenvalue weighted by Gasteiger charge is -2.13. The van der Waals surface area contributed by atoms with E-state index in [1.165, 1.54) is 16.7 Å². The number of hydrogen-bond acceptors (Lipinski definition) is 4. The molecule has 1 aliphatic rings. The van der Waals surface area contributed by atoms with E-state index in [4.69, 9.17) is 9.90 Å². The number of alkyl halides is 3. The Bertz CT molecular complexity index is 1170. The summed E-state index contributed by atoms with van der Waals surface area (Å²) < 4.78 is 31.7. The Morgan fingerprint density at radius 2 is 1.67 bits per heavy atom. The zero-order chi connectivity index (χ0) is 26.1. The van der Waals surface area contributed by atoms with E-state index >= 15 is 0 Å². The number of carboxylic acids is 1. The highest BCUT2D eigenvalue weighted by Crippen LogP contribution is 2.23. The van der Waals surface area contributed by atoms with Crippen molar-refractivity contribution in [3.8, 4) is 11.1 Å². The first-order chi connectivity index (χ1) is 17.2. The molecular formula is C27H28F3N3O3. The van der Waals surface area contributed by atoms with E-state index in [0.29, 0.717) is 18.2 Å². The molecule has 1 heterocycles. The van der Waals surface area contributed by atoms with Crippen molar-refractivity contribution in [3.05, 3.63) is 89.2 Å². The zero-order valence-corrected chi connectivity index (χ0v) is 19.8. The second kappa shape index (κ2) is 12.3. The minimum absolute atomic E-state index is 0.0696. The number of nitrogens with one attached hydrogen (secondary N) is 2. The Hall–Kier alpha value is -3.72. The van der Waals surface area contributed by atoms with Crippen LogP contribution in [-0.4, -0.2) is 40.7 Å². The molecule has 36 heavy (non-hydrogen) atoms. The topological polar surface area (TPSA) is 91.3 Å². The summed E-state index contributed by atoms with van der Waals surface area (Å²) >= 11 is 0. The number of amides is 1. The Kier molecular flexibility index (Phi) is 9.19. The quantitative estimate of drug-likeness (QED) is 0.435. The van der Waals surface area contributed by atoms with Gasteiger partial charge >= 0.3 is 12.1 Å². The monoisotopic (exact) mass is 499 g/mol. The molecule has 0 radical (unpaired) electrons. The molecule has 0 unspecified atom stereocenters. The van der Waals surface area contributed by atoms with Gasteiger partial charge < -0.3 is 15.7 Å². The molecule has 0 saturated heterocycles. The van der Waals surface area contributed by atoms with E-state index < -0.39 is 12.1 Å². The number of hydrogen-bond donors (Lipinski definition) is 3. The van der Waals surface area contributed by atoms with Gasteiger partial charge in [-0.1, -0.05) is 49.4 Å². The molecule has 190 valence electrons. The van der Waals surface area contributed by atoms with Crippen LogP contribution >= 0.6 is 0 Å². The average Bonchev–Trinajstić information content (AvgIpc) is 3.29. The van der Waals surface area contributed by atoms with Gasteiger partial charge in [0.1, 0.15) is 0 Å². The van der Waals surface area contributed by atoms with Crippen molar-refractivity contribution in [2.45, 2.75) is 44.9 Å². The summed E-state index contributed by atoms with van der Waals surface area (Å²) in [5.41, 5.74) is 6.80. The number of halogens is 3. The largest absolute Gasteiger partial charge is 0.490 e. The van der Waals surface area contributed by atoms with E-state index in [1.54, 1.807) is 6.20 Å². The summed E-state index contributed by atoms with van der Waals surface area (Å²) in [6, 6.07) is 19.6. The maximum Gasteiger partial charge on any atom is 0.490 e. The number of fused-ring (bicyclic) bond motifs is 1. The molecule has 1 amide bonds. The summed E-state index contributed by atoms with van der Waals surface area (Å²) in [4.78, 5) is 25.4. The van der Waals surface area contributed by atoms with Gasteiger partial charge in [-0.3, -0.25) is 9.78 Å². The van der Waals surface area contributed by atoms with Gasteiger partial charge in [0, 0.05) is 37.1 Å². The van der Waals surface area contributed by atoms with E-state index in [2.05, 4.69) is 64.1 Å². The summed E-state index contributed by atoms with van der Waals surface area (Å²) in [5, 5.41) is 13.7. The average molecular weight is 500 g/mol. The SMILES string of the molecule is CCCNC(=O)c1cncc(-c2cccc(CNC3Cc4ccccc4C3)c2)c1.O=C(O)C(F)(F)F. The molecule has 9 heteroatoms. The highest BCUT2D eigenvalue weighted by molar-refractivity contribution is 5.95. The van der Waals surface area contributed by atoms with Gasteiger partial charge in [0.05, 0.1) is 5.56 Å². The number of pyridine rings is 1. The van der Waals surface area contributed by atoms with Gasteiger partial charge in [-0.25, -0.2) is 4.79 Å². The van der Waals surface area contributed by atoms with Crippen LogP contribution in [0, 0.1) is 0 Å². The van der Waals surface area contributed by atoms with E-state index in [0.717, 1.165) is 36.9 Å². The third kappa shape index (κ3) is 7.64. The number of aromatic nitrogens is 1. The van der Waals surface area contributed by atoms with E-state index in [-0.39, 0.29) is 5.91 Å². The molecule has 0 fully saturated rings. The number of carbonyl (C=O) groups excluding carboxylic acids is 1. The van der Waals surface area contributed by atoms with Crippen LogP contribution in [0.25, 0.3) is 11.1 Å². The first-order valence-corrected chi connectivity index (χ1v) is 11.6. The van der Waals surface area contributed by atoms with Crippen LogP contribution in [0.1, 0.15) is 40.4 Å². The van der Waals surface area contributed by atoms with Crippen molar-refractivity contribution in [1.29, 1.82) is 0 Å². The third-order valence-electron chi connectivity index (χ3n) is 5.68. The van der Waals surface area contributed by atoms with Crippen LogP contribution in [-0.2, 0) is 24.2 Å². The predicted octanol–water partition coefficient (Wildman–Crippen LogP) is 4.78. The van der Waals surface area contributed by atoms with Gasteiger partial charge in [-0.2, -0.15) is 13.2 Å². The predicted molar refractivity (Wildman–Crippen MR) is 130 cm³/mol. The van der Waals surface area contributed by atoms with E-state index in [1.807, 2.05) is 19.2 Å². The highest BCUT2D eigenvalue weighted by Gasteiger charge is 2.38. The molecule has 0 bridgehead atoms. The molecule has 0 spiro atoms. The van der Waals surface area contributed by atoms with Crippen molar-refractivity contribution in [3.63, 3.8) is 0 Å². The number of aliphatic carboxylic acids is 1. The maximum atomic E-state index is 12.2. The Labute approximate surface area is 207 Å². The maximum absolute atomic E-state index is 12.2. The normalized spacial score (nSPS) is 12.9. The molecule has 4 rings (SSSR count). The first kappa shape index (κ1) is 26.9. The molecule has 3 N–H and O–H groups in total. The number of nitrogens with zero attached hydrogens (tertiary/aromatic N) is 1. The summed E-state index contributed by atoms with van der Waals surface area (Å²) in [7, 11) is 0.